The zero-order valence-electron chi connectivity index (χ0n) is 17.1. The molecule has 0 N–H and O–H groups in total. The quantitative estimate of drug-likeness (QED) is 0.625. The largest absolute Gasteiger partial charge is 0.497 e. The highest BCUT2D eigenvalue weighted by atomic mass is 16.5. The summed E-state index contributed by atoms with van der Waals surface area (Å²) in [6.07, 6.45) is 2.20. The van der Waals surface area contributed by atoms with Crippen molar-refractivity contribution < 1.29 is 19.0 Å². The van der Waals surface area contributed by atoms with E-state index in [-0.39, 0.29) is 11.7 Å². The van der Waals surface area contributed by atoms with Crippen LogP contribution in [0, 0.1) is 11.3 Å². The molecule has 1 atom stereocenters. The van der Waals surface area contributed by atoms with Crippen molar-refractivity contribution in [3.63, 3.8) is 0 Å². The van der Waals surface area contributed by atoms with Gasteiger partial charge in [0.25, 0.3) is 0 Å². The summed E-state index contributed by atoms with van der Waals surface area (Å²) in [5.41, 5.74) is 2.27. The minimum atomic E-state index is -0.314. The number of benzene rings is 2. The zero-order valence-corrected chi connectivity index (χ0v) is 17.1. The maximum absolute atomic E-state index is 13.5. The zero-order chi connectivity index (χ0) is 20.8. The molecule has 1 unspecified atom stereocenters. The summed E-state index contributed by atoms with van der Waals surface area (Å²) in [6.45, 7) is 1.28. The van der Waals surface area contributed by atoms with Gasteiger partial charge in [-0.1, -0.05) is 12.1 Å². The average Bonchev–Trinajstić information content (AvgIpc) is 2.77. The van der Waals surface area contributed by atoms with Crippen LogP contribution >= 0.6 is 0 Å². The van der Waals surface area contributed by atoms with Crippen LogP contribution in [-0.4, -0.2) is 40.2 Å². The van der Waals surface area contributed by atoms with Crippen LogP contribution < -0.4 is 19.1 Å². The topological polar surface area (TPSA) is 71.8 Å². The number of carbonyl (C=O) groups excluding carboxylic acids is 1. The molecule has 29 heavy (non-hydrogen) atoms. The number of Topliss-reactive ketones (excluding diaryl/α,β-unsaturated/α-hetero) is 1. The molecule has 1 heterocycles. The van der Waals surface area contributed by atoms with E-state index in [0.29, 0.717) is 30.0 Å². The van der Waals surface area contributed by atoms with E-state index in [4.69, 9.17) is 19.5 Å². The Labute approximate surface area is 171 Å². The minimum Gasteiger partial charge on any atom is -0.497 e. The first kappa shape index (κ1) is 20.5. The number of hydrogen-bond acceptors (Lipinski definition) is 6. The highest BCUT2D eigenvalue weighted by Crippen LogP contribution is 2.45. The minimum absolute atomic E-state index is 0.0224. The summed E-state index contributed by atoms with van der Waals surface area (Å²) >= 11 is 0. The molecule has 3 rings (SSSR count). The van der Waals surface area contributed by atoms with Crippen LogP contribution in [0.3, 0.4) is 0 Å². The Morgan fingerprint density at radius 1 is 1.00 bits per heavy atom. The first-order valence-corrected chi connectivity index (χ1v) is 9.69. The molecule has 0 bridgehead atoms. The normalized spacial score (nSPS) is 15.4. The molecule has 1 aliphatic rings. The van der Waals surface area contributed by atoms with Crippen LogP contribution in [0.1, 0.15) is 41.1 Å². The van der Waals surface area contributed by atoms with Gasteiger partial charge in [0, 0.05) is 19.5 Å². The Bertz CT molecular complexity index is 902. The third-order valence-corrected chi connectivity index (χ3v) is 5.31. The second kappa shape index (κ2) is 9.33. The van der Waals surface area contributed by atoms with Crippen molar-refractivity contribution in [2.45, 2.75) is 25.2 Å². The molecule has 2 aromatic rings. The average molecular weight is 394 g/mol. The van der Waals surface area contributed by atoms with Crippen molar-refractivity contribution in [3.8, 4) is 23.3 Å². The Balaban J connectivity index is 2.03. The van der Waals surface area contributed by atoms with Crippen LogP contribution in [0.25, 0.3) is 0 Å². The lowest BCUT2D eigenvalue weighted by molar-refractivity contribution is 0.0951. The third kappa shape index (κ3) is 4.14. The number of fused-ring (bicyclic) bond motifs is 1. The van der Waals surface area contributed by atoms with Crippen molar-refractivity contribution in [1.82, 2.24) is 0 Å². The molecule has 1 aliphatic heterocycles. The molecule has 0 radical (unpaired) electrons. The fraction of sp³-hybridized carbons (Fsp3) is 0.391. The van der Waals surface area contributed by atoms with Crippen molar-refractivity contribution >= 4 is 11.5 Å². The van der Waals surface area contributed by atoms with E-state index in [1.54, 1.807) is 27.4 Å². The van der Waals surface area contributed by atoms with E-state index in [2.05, 4.69) is 11.0 Å². The predicted octanol–water partition coefficient (Wildman–Crippen LogP) is 4.19. The van der Waals surface area contributed by atoms with Crippen molar-refractivity contribution in [2.75, 3.05) is 39.3 Å². The van der Waals surface area contributed by atoms with Gasteiger partial charge in [0.1, 0.15) is 17.2 Å². The van der Waals surface area contributed by atoms with Gasteiger partial charge in [-0.15, -0.1) is 0 Å². The number of rotatable bonds is 8. The summed E-state index contributed by atoms with van der Waals surface area (Å²) in [7, 11) is 4.80. The SMILES string of the molecule is COc1ccc(C2CN(CCCCC#N)c3c(OC)ccc(OC)c3C2=O)cc1. The molecule has 6 nitrogen and oxygen atoms in total. The molecule has 0 fully saturated rings. The van der Waals surface area contributed by atoms with Crippen LogP contribution in [0.2, 0.25) is 0 Å². The number of anilines is 1. The first-order valence-electron chi connectivity index (χ1n) is 9.69. The van der Waals surface area contributed by atoms with Gasteiger partial charge in [-0.05, 0) is 42.7 Å². The Hall–Kier alpha value is -3.20. The molecule has 0 amide bonds. The van der Waals surface area contributed by atoms with Gasteiger partial charge in [-0.3, -0.25) is 4.79 Å². The van der Waals surface area contributed by atoms with Crippen LogP contribution in [0.4, 0.5) is 5.69 Å². The molecule has 0 saturated carbocycles. The highest BCUT2D eigenvalue weighted by molar-refractivity contribution is 6.11. The number of nitrogens with zero attached hydrogens (tertiary/aromatic N) is 2. The fourth-order valence-corrected chi connectivity index (χ4v) is 3.81. The molecule has 6 heteroatoms. The predicted molar refractivity (Wildman–Crippen MR) is 111 cm³/mol. The molecule has 0 aliphatic carbocycles. The van der Waals surface area contributed by atoms with Gasteiger partial charge in [0.05, 0.1) is 44.6 Å². The van der Waals surface area contributed by atoms with Crippen LogP contribution in [0.5, 0.6) is 17.2 Å². The Morgan fingerprint density at radius 2 is 1.69 bits per heavy atom. The summed E-state index contributed by atoms with van der Waals surface area (Å²) in [6, 6.07) is 13.4. The molecule has 2 aromatic carbocycles. The molecule has 0 spiro atoms. The molecule has 152 valence electrons. The van der Waals surface area contributed by atoms with Gasteiger partial charge in [-0.25, -0.2) is 0 Å². The maximum Gasteiger partial charge on any atom is 0.178 e. The lowest BCUT2D eigenvalue weighted by atomic mass is 9.85. The monoisotopic (exact) mass is 394 g/mol. The molecule has 0 aromatic heterocycles. The van der Waals surface area contributed by atoms with Gasteiger partial charge in [-0.2, -0.15) is 5.26 Å². The van der Waals surface area contributed by atoms with E-state index in [9.17, 15) is 4.79 Å². The second-order valence-corrected chi connectivity index (χ2v) is 6.94. The number of carbonyl (C=O) groups is 1. The van der Waals surface area contributed by atoms with E-state index in [1.165, 1.54) is 0 Å². The van der Waals surface area contributed by atoms with Crippen molar-refractivity contribution in [1.29, 1.82) is 5.26 Å². The van der Waals surface area contributed by atoms with Gasteiger partial charge >= 0.3 is 0 Å². The number of nitriles is 1. The Morgan fingerprint density at radius 3 is 2.31 bits per heavy atom. The maximum atomic E-state index is 13.5. The molecular formula is C23H26N2O4. The van der Waals surface area contributed by atoms with Crippen molar-refractivity contribution in [3.05, 3.63) is 47.5 Å². The molecular weight excluding hydrogens is 368 g/mol. The van der Waals surface area contributed by atoms with Crippen LogP contribution in [0.15, 0.2) is 36.4 Å². The third-order valence-electron chi connectivity index (χ3n) is 5.31. The summed E-state index contributed by atoms with van der Waals surface area (Å²) in [5.74, 6) is 1.67. The van der Waals surface area contributed by atoms with Crippen LogP contribution in [-0.2, 0) is 0 Å². The summed E-state index contributed by atoms with van der Waals surface area (Å²) in [5, 5.41) is 8.82. The van der Waals surface area contributed by atoms with E-state index in [0.717, 1.165) is 36.4 Å². The van der Waals surface area contributed by atoms with Gasteiger partial charge in [0.15, 0.2) is 5.78 Å². The van der Waals surface area contributed by atoms with E-state index in [1.807, 2.05) is 30.3 Å². The summed E-state index contributed by atoms with van der Waals surface area (Å²) in [4.78, 5) is 15.7. The van der Waals surface area contributed by atoms with Gasteiger partial charge in [0.2, 0.25) is 0 Å². The second-order valence-electron chi connectivity index (χ2n) is 6.94. The number of unbranched alkanes of at least 4 members (excludes halogenated alkanes) is 2. The van der Waals surface area contributed by atoms with Gasteiger partial charge < -0.3 is 19.1 Å². The lowest BCUT2D eigenvalue weighted by Gasteiger charge is -2.37. The highest BCUT2D eigenvalue weighted by Gasteiger charge is 2.37. The Kier molecular flexibility index (Phi) is 6.61. The summed E-state index contributed by atoms with van der Waals surface area (Å²) < 4.78 is 16.3. The lowest BCUT2D eigenvalue weighted by Crippen LogP contribution is -2.39. The van der Waals surface area contributed by atoms with E-state index >= 15 is 0 Å². The fourth-order valence-electron chi connectivity index (χ4n) is 3.81. The van der Waals surface area contributed by atoms with Crippen molar-refractivity contribution in [2.24, 2.45) is 0 Å². The van der Waals surface area contributed by atoms with E-state index < -0.39 is 0 Å². The standard InChI is InChI=1S/C23H26N2O4/c1-27-17-9-7-16(8-10-17)18-15-25(14-6-4-5-13-24)22-20(29-3)12-11-19(28-2)21(22)23(18)26/h7-12,18H,4-6,14-15H2,1-3H3. The number of ether oxygens (including phenoxy) is 3. The number of ketones is 1. The smallest absolute Gasteiger partial charge is 0.178 e. The first-order chi connectivity index (χ1) is 14.1. The number of hydrogen-bond donors (Lipinski definition) is 0. The number of methoxy groups -OCH3 is 3. The molecule has 0 saturated heterocycles.